The van der Waals surface area contributed by atoms with Crippen LogP contribution in [0.5, 0.6) is 0 Å². The molecule has 4 nitrogen and oxygen atoms in total. The number of hydrogen-bond donors (Lipinski definition) is 1. The minimum Gasteiger partial charge on any atom is -0.383 e. The maximum Gasteiger partial charge on any atom is 0.142 e. The highest BCUT2D eigenvalue weighted by Gasteiger charge is 2.13. The van der Waals surface area contributed by atoms with E-state index in [0.717, 1.165) is 11.1 Å². The molecule has 0 saturated heterocycles. The average Bonchev–Trinajstić information content (AvgIpc) is 2.55. The lowest BCUT2D eigenvalue weighted by molar-refractivity contribution is 1.29. The van der Waals surface area contributed by atoms with Crippen molar-refractivity contribution in [1.82, 2.24) is 9.97 Å². The van der Waals surface area contributed by atoms with Gasteiger partial charge in [-0.15, -0.1) is 0 Å². The van der Waals surface area contributed by atoms with Crippen LogP contribution < -0.4 is 5.73 Å². The molecule has 0 bridgehead atoms. The van der Waals surface area contributed by atoms with Crippen molar-refractivity contribution in [3.05, 3.63) is 65.4 Å². The van der Waals surface area contributed by atoms with Gasteiger partial charge in [0.2, 0.25) is 0 Å². The number of nitrogens with two attached hydrogens (primary N) is 1. The SMILES string of the molecule is N#Cc1c(-c2cccnc2)cc(-c2ccc(Cl)cc2)nc1N. The second kappa shape index (κ2) is 5.84. The zero-order chi connectivity index (χ0) is 15.5. The Morgan fingerprint density at radius 1 is 1.09 bits per heavy atom. The number of nitriles is 1. The molecule has 0 aliphatic carbocycles. The van der Waals surface area contributed by atoms with E-state index in [9.17, 15) is 5.26 Å². The van der Waals surface area contributed by atoms with E-state index in [1.54, 1.807) is 24.5 Å². The minimum atomic E-state index is 0.203. The Morgan fingerprint density at radius 2 is 1.86 bits per heavy atom. The highest BCUT2D eigenvalue weighted by atomic mass is 35.5. The van der Waals surface area contributed by atoms with Crippen LogP contribution in [0.4, 0.5) is 5.82 Å². The first-order chi connectivity index (χ1) is 10.7. The Morgan fingerprint density at radius 3 is 2.50 bits per heavy atom. The molecule has 0 spiro atoms. The lowest BCUT2D eigenvalue weighted by Gasteiger charge is -2.10. The Kier molecular flexibility index (Phi) is 3.73. The Balaban J connectivity index is 2.21. The van der Waals surface area contributed by atoms with Crippen LogP contribution >= 0.6 is 11.6 Å². The van der Waals surface area contributed by atoms with Crippen LogP contribution in [0.15, 0.2) is 54.9 Å². The van der Waals surface area contributed by atoms with Gasteiger partial charge in [-0.25, -0.2) is 4.98 Å². The third kappa shape index (κ3) is 2.62. The molecule has 5 heteroatoms. The molecule has 0 radical (unpaired) electrons. The van der Waals surface area contributed by atoms with E-state index in [-0.39, 0.29) is 5.82 Å². The largest absolute Gasteiger partial charge is 0.383 e. The topological polar surface area (TPSA) is 75.6 Å². The summed E-state index contributed by atoms with van der Waals surface area (Å²) in [7, 11) is 0. The normalized spacial score (nSPS) is 10.2. The number of nitrogen functional groups attached to an aromatic ring is 1. The van der Waals surface area contributed by atoms with E-state index in [4.69, 9.17) is 17.3 Å². The summed E-state index contributed by atoms with van der Waals surface area (Å²) < 4.78 is 0. The van der Waals surface area contributed by atoms with Gasteiger partial charge in [0.05, 0.1) is 5.69 Å². The van der Waals surface area contributed by atoms with Gasteiger partial charge < -0.3 is 5.73 Å². The standard InChI is InChI=1S/C17H11ClN4/c18-13-5-3-11(4-6-13)16-8-14(12-2-1-7-21-10-12)15(9-19)17(20)22-16/h1-8,10H,(H2,20,22). The van der Waals surface area contributed by atoms with Gasteiger partial charge >= 0.3 is 0 Å². The van der Waals surface area contributed by atoms with Gasteiger partial charge in [-0.05, 0) is 24.3 Å². The summed E-state index contributed by atoms with van der Waals surface area (Å²) in [6.45, 7) is 0. The molecule has 1 aromatic carbocycles. The van der Waals surface area contributed by atoms with Crippen LogP contribution in [0.1, 0.15) is 5.56 Å². The predicted molar refractivity (Wildman–Crippen MR) is 87.0 cm³/mol. The van der Waals surface area contributed by atoms with Crippen molar-refractivity contribution in [2.24, 2.45) is 0 Å². The van der Waals surface area contributed by atoms with Crippen LogP contribution in [0.25, 0.3) is 22.4 Å². The molecule has 0 amide bonds. The van der Waals surface area contributed by atoms with E-state index in [1.165, 1.54) is 0 Å². The van der Waals surface area contributed by atoms with Gasteiger partial charge in [0.1, 0.15) is 17.5 Å². The minimum absolute atomic E-state index is 0.203. The van der Waals surface area contributed by atoms with Gasteiger partial charge in [0.25, 0.3) is 0 Å². The molecule has 2 N–H and O–H groups in total. The molecule has 0 unspecified atom stereocenters. The van der Waals surface area contributed by atoms with Crippen molar-refractivity contribution in [2.75, 3.05) is 5.73 Å². The third-order valence-electron chi connectivity index (χ3n) is 3.27. The van der Waals surface area contributed by atoms with Crippen LogP contribution in [0, 0.1) is 11.3 Å². The van der Waals surface area contributed by atoms with E-state index >= 15 is 0 Å². The van der Waals surface area contributed by atoms with Crippen LogP contribution in [0.3, 0.4) is 0 Å². The van der Waals surface area contributed by atoms with Crippen molar-refractivity contribution < 1.29 is 0 Å². The molecule has 2 heterocycles. The maximum atomic E-state index is 9.35. The third-order valence-corrected chi connectivity index (χ3v) is 3.52. The number of benzene rings is 1. The van der Waals surface area contributed by atoms with Gasteiger partial charge in [-0.2, -0.15) is 5.26 Å². The molecule has 3 aromatic rings. The molecular formula is C17H11ClN4. The lowest BCUT2D eigenvalue weighted by Crippen LogP contribution is -1.99. The van der Waals surface area contributed by atoms with Crippen LogP contribution in [0.2, 0.25) is 5.02 Å². The summed E-state index contributed by atoms with van der Waals surface area (Å²) in [4.78, 5) is 8.41. The highest BCUT2D eigenvalue weighted by Crippen LogP contribution is 2.31. The van der Waals surface area contributed by atoms with Crippen molar-refractivity contribution in [1.29, 1.82) is 5.26 Å². The number of anilines is 1. The number of halogens is 1. The first-order valence-electron chi connectivity index (χ1n) is 6.56. The molecular weight excluding hydrogens is 296 g/mol. The van der Waals surface area contributed by atoms with E-state index in [0.29, 0.717) is 21.8 Å². The summed E-state index contributed by atoms with van der Waals surface area (Å²) in [5.74, 6) is 0.203. The van der Waals surface area contributed by atoms with Gasteiger partial charge in [-0.1, -0.05) is 29.8 Å². The first-order valence-corrected chi connectivity index (χ1v) is 6.94. The molecule has 0 aliphatic rings. The molecule has 3 rings (SSSR count). The second-order valence-corrected chi connectivity index (χ2v) is 5.11. The average molecular weight is 307 g/mol. The summed E-state index contributed by atoms with van der Waals surface area (Å²) in [6, 6.07) is 15.0. The predicted octanol–water partition coefficient (Wildman–Crippen LogP) is 3.92. The van der Waals surface area contributed by atoms with E-state index in [2.05, 4.69) is 16.0 Å². The van der Waals surface area contributed by atoms with Gasteiger partial charge in [0.15, 0.2) is 0 Å². The molecule has 106 valence electrons. The number of aromatic nitrogens is 2. The van der Waals surface area contributed by atoms with Crippen molar-refractivity contribution >= 4 is 17.4 Å². The summed E-state index contributed by atoms with van der Waals surface area (Å²) in [5.41, 5.74) is 9.42. The molecule has 22 heavy (non-hydrogen) atoms. The van der Waals surface area contributed by atoms with E-state index < -0.39 is 0 Å². The number of rotatable bonds is 2. The van der Waals surface area contributed by atoms with E-state index in [1.807, 2.05) is 30.3 Å². The summed E-state index contributed by atoms with van der Waals surface area (Å²) in [5, 5.41) is 10.0. The quantitative estimate of drug-likeness (QED) is 0.778. The van der Waals surface area contributed by atoms with Crippen molar-refractivity contribution in [3.63, 3.8) is 0 Å². The lowest BCUT2D eigenvalue weighted by atomic mass is 10.00. The first kappa shape index (κ1) is 14.1. The second-order valence-electron chi connectivity index (χ2n) is 4.68. The number of nitrogens with zero attached hydrogens (tertiary/aromatic N) is 3. The fraction of sp³-hybridized carbons (Fsp3) is 0. The smallest absolute Gasteiger partial charge is 0.142 e. The molecule has 0 aliphatic heterocycles. The summed E-state index contributed by atoms with van der Waals surface area (Å²) in [6.07, 6.45) is 3.38. The Hall–Kier alpha value is -2.90. The molecule has 0 atom stereocenters. The summed E-state index contributed by atoms with van der Waals surface area (Å²) >= 11 is 5.91. The Labute approximate surface area is 132 Å². The number of pyridine rings is 2. The molecule has 0 fully saturated rings. The van der Waals surface area contributed by atoms with Crippen molar-refractivity contribution in [3.8, 4) is 28.5 Å². The molecule has 2 aromatic heterocycles. The van der Waals surface area contributed by atoms with Crippen LogP contribution in [-0.2, 0) is 0 Å². The zero-order valence-electron chi connectivity index (χ0n) is 11.5. The van der Waals surface area contributed by atoms with Crippen molar-refractivity contribution in [2.45, 2.75) is 0 Å². The zero-order valence-corrected chi connectivity index (χ0v) is 12.2. The fourth-order valence-electron chi connectivity index (χ4n) is 2.20. The highest BCUT2D eigenvalue weighted by molar-refractivity contribution is 6.30. The monoisotopic (exact) mass is 306 g/mol. The Bertz CT molecular complexity index is 852. The molecule has 0 saturated carbocycles. The fourth-order valence-corrected chi connectivity index (χ4v) is 2.33. The number of hydrogen-bond acceptors (Lipinski definition) is 4. The van der Waals surface area contributed by atoms with Gasteiger partial charge in [-0.3, -0.25) is 4.98 Å². The maximum absolute atomic E-state index is 9.35. The van der Waals surface area contributed by atoms with Crippen LogP contribution in [-0.4, -0.2) is 9.97 Å². The van der Waals surface area contributed by atoms with Gasteiger partial charge in [0, 0.05) is 34.1 Å².